The van der Waals surface area contributed by atoms with Crippen molar-refractivity contribution >= 4 is 0 Å². The molecule has 0 bridgehead atoms. The quantitative estimate of drug-likeness (QED) is 0.583. The van der Waals surface area contributed by atoms with Gasteiger partial charge in [-0.1, -0.05) is 25.5 Å². The van der Waals surface area contributed by atoms with Gasteiger partial charge in [0, 0.05) is 19.0 Å². The molecule has 0 fully saturated rings. The van der Waals surface area contributed by atoms with Crippen LogP contribution in [0.15, 0.2) is 18.0 Å². The van der Waals surface area contributed by atoms with E-state index in [1.54, 1.807) is 6.33 Å². The van der Waals surface area contributed by atoms with Crippen LogP contribution >= 0.6 is 0 Å². The number of allylic oxidation sites excluding steroid dienone is 1. The summed E-state index contributed by atoms with van der Waals surface area (Å²) in [7, 11) is 0. The predicted molar refractivity (Wildman–Crippen MR) is 70.9 cm³/mol. The molecule has 0 aromatic carbocycles. The zero-order chi connectivity index (χ0) is 12.7. The van der Waals surface area contributed by atoms with Crippen molar-refractivity contribution in [3.05, 3.63) is 23.8 Å². The van der Waals surface area contributed by atoms with Gasteiger partial charge in [-0.05, 0) is 26.8 Å². The smallest absolute Gasteiger partial charge is 0.138 e. The van der Waals surface area contributed by atoms with Crippen molar-refractivity contribution in [2.75, 3.05) is 6.54 Å². The third-order valence-electron chi connectivity index (χ3n) is 2.62. The van der Waals surface area contributed by atoms with Crippen LogP contribution in [0, 0.1) is 0 Å². The second kappa shape index (κ2) is 7.22. The summed E-state index contributed by atoms with van der Waals surface area (Å²) in [6.07, 6.45) is 5.89. The van der Waals surface area contributed by atoms with E-state index >= 15 is 0 Å². The Hall–Kier alpha value is -1.16. The van der Waals surface area contributed by atoms with Gasteiger partial charge in [-0.2, -0.15) is 5.10 Å². The second-order valence-corrected chi connectivity index (χ2v) is 4.62. The minimum atomic E-state index is 0.562. The Labute approximate surface area is 104 Å². The maximum Gasteiger partial charge on any atom is 0.138 e. The lowest BCUT2D eigenvalue weighted by Gasteiger charge is -2.06. The van der Waals surface area contributed by atoms with E-state index in [-0.39, 0.29) is 0 Å². The minimum Gasteiger partial charge on any atom is -0.314 e. The molecule has 0 spiro atoms. The fraction of sp³-hybridized carbons (Fsp3) is 0.692. The van der Waals surface area contributed by atoms with E-state index in [4.69, 9.17) is 0 Å². The number of aromatic nitrogens is 3. The third-order valence-corrected chi connectivity index (χ3v) is 2.62. The molecule has 0 aliphatic rings. The van der Waals surface area contributed by atoms with Gasteiger partial charge in [-0.3, -0.25) is 4.68 Å². The highest BCUT2D eigenvalue weighted by atomic mass is 15.3. The molecule has 0 amide bonds. The summed E-state index contributed by atoms with van der Waals surface area (Å²) in [5, 5.41) is 7.58. The first-order valence-corrected chi connectivity index (χ1v) is 6.39. The van der Waals surface area contributed by atoms with Crippen LogP contribution in [0.3, 0.4) is 0 Å². The van der Waals surface area contributed by atoms with Crippen LogP contribution in [0.1, 0.15) is 39.9 Å². The molecule has 0 unspecified atom stereocenters. The lowest BCUT2D eigenvalue weighted by molar-refractivity contribution is 0.593. The fourth-order valence-electron chi connectivity index (χ4n) is 1.70. The van der Waals surface area contributed by atoms with Crippen molar-refractivity contribution in [3.8, 4) is 0 Å². The standard InChI is InChI=1S/C13H24N4/c1-5-17-13(15-10-16-17)9-12(4)7-6-8-14-11(2)3/h7,10-11,14H,5-6,8-9H2,1-4H3. The highest BCUT2D eigenvalue weighted by Crippen LogP contribution is 2.05. The summed E-state index contributed by atoms with van der Waals surface area (Å²) in [6, 6.07) is 0.562. The zero-order valence-electron chi connectivity index (χ0n) is 11.4. The normalized spacial score (nSPS) is 12.4. The molecule has 1 heterocycles. The van der Waals surface area contributed by atoms with E-state index in [9.17, 15) is 0 Å². The van der Waals surface area contributed by atoms with Crippen molar-refractivity contribution in [2.45, 2.75) is 53.1 Å². The predicted octanol–water partition coefficient (Wildman–Crippen LogP) is 2.17. The zero-order valence-corrected chi connectivity index (χ0v) is 11.4. The molecule has 0 atom stereocenters. The lowest BCUT2D eigenvalue weighted by Crippen LogP contribution is -2.23. The Kier molecular flexibility index (Phi) is 5.91. The van der Waals surface area contributed by atoms with E-state index in [2.05, 4.69) is 49.2 Å². The van der Waals surface area contributed by atoms with E-state index < -0.39 is 0 Å². The molecule has 1 rings (SSSR count). The lowest BCUT2D eigenvalue weighted by atomic mass is 10.1. The topological polar surface area (TPSA) is 42.7 Å². The van der Waals surface area contributed by atoms with Gasteiger partial charge in [-0.25, -0.2) is 4.98 Å². The number of nitrogens with zero attached hydrogens (tertiary/aromatic N) is 3. The average molecular weight is 236 g/mol. The molecule has 1 N–H and O–H groups in total. The molecule has 0 aliphatic carbocycles. The first-order chi connectivity index (χ1) is 8.13. The average Bonchev–Trinajstić information content (AvgIpc) is 2.71. The molecule has 1 aromatic heterocycles. The van der Waals surface area contributed by atoms with Gasteiger partial charge in [0.05, 0.1) is 0 Å². The van der Waals surface area contributed by atoms with Crippen molar-refractivity contribution < 1.29 is 0 Å². The molecule has 0 saturated heterocycles. The molecule has 96 valence electrons. The van der Waals surface area contributed by atoms with Crippen LogP contribution in [0.2, 0.25) is 0 Å². The third kappa shape index (κ3) is 5.13. The van der Waals surface area contributed by atoms with Crippen molar-refractivity contribution in [3.63, 3.8) is 0 Å². The highest BCUT2D eigenvalue weighted by Gasteiger charge is 2.02. The van der Waals surface area contributed by atoms with Crippen molar-refractivity contribution in [1.29, 1.82) is 0 Å². The Balaban J connectivity index is 2.38. The van der Waals surface area contributed by atoms with Crippen LogP contribution in [0.5, 0.6) is 0 Å². The molecule has 0 saturated carbocycles. The molecule has 0 aliphatic heterocycles. The summed E-state index contributed by atoms with van der Waals surface area (Å²) in [4.78, 5) is 4.28. The number of rotatable bonds is 7. The minimum absolute atomic E-state index is 0.562. The Morgan fingerprint density at radius 1 is 1.53 bits per heavy atom. The maximum atomic E-state index is 4.28. The van der Waals surface area contributed by atoms with Crippen LogP contribution < -0.4 is 5.32 Å². The van der Waals surface area contributed by atoms with Crippen LogP contribution in [0.4, 0.5) is 0 Å². The number of hydrogen-bond donors (Lipinski definition) is 1. The van der Waals surface area contributed by atoms with Gasteiger partial charge in [0.25, 0.3) is 0 Å². The molecular weight excluding hydrogens is 212 g/mol. The van der Waals surface area contributed by atoms with Crippen LogP contribution in [-0.2, 0) is 13.0 Å². The largest absolute Gasteiger partial charge is 0.314 e. The van der Waals surface area contributed by atoms with Gasteiger partial charge in [0.1, 0.15) is 12.2 Å². The molecule has 17 heavy (non-hydrogen) atoms. The monoisotopic (exact) mass is 236 g/mol. The summed E-state index contributed by atoms with van der Waals surface area (Å²) in [6.45, 7) is 10.5. The molecular formula is C13H24N4. The maximum absolute atomic E-state index is 4.28. The summed E-state index contributed by atoms with van der Waals surface area (Å²) in [5.41, 5.74) is 1.36. The summed E-state index contributed by atoms with van der Waals surface area (Å²) < 4.78 is 1.95. The fourth-order valence-corrected chi connectivity index (χ4v) is 1.70. The van der Waals surface area contributed by atoms with Gasteiger partial charge in [0.2, 0.25) is 0 Å². The second-order valence-electron chi connectivity index (χ2n) is 4.62. The van der Waals surface area contributed by atoms with Crippen molar-refractivity contribution in [1.82, 2.24) is 20.1 Å². The summed E-state index contributed by atoms with van der Waals surface area (Å²) in [5.74, 6) is 1.05. The van der Waals surface area contributed by atoms with E-state index in [1.165, 1.54) is 5.57 Å². The van der Waals surface area contributed by atoms with E-state index in [1.807, 2.05) is 4.68 Å². The van der Waals surface area contributed by atoms with Crippen LogP contribution in [0.25, 0.3) is 0 Å². The molecule has 4 nitrogen and oxygen atoms in total. The number of nitrogens with one attached hydrogen (secondary N) is 1. The number of aryl methyl sites for hydroxylation is 1. The Morgan fingerprint density at radius 2 is 2.29 bits per heavy atom. The van der Waals surface area contributed by atoms with Gasteiger partial charge < -0.3 is 5.32 Å². The van der Waals surface area contributed by atoms with Gasteiger partial charge in [-0.15, -0.1) is 0 Å². The Bertz CT molecular complexity index is 352. The summed E-state index contributed by atoms with van der Waals surface area (Å²) >= 11 is 0. The first-order valence-electron chi connectivity index (χ1n) is 6.39. The Morgan fingerprint density at radius 3 is 2.94 bits per heavy atom. The van der Waals surface area contributed by atoms with Crippen LogP contribution in [-0.4, -0.2) is 27.4 Å². The number of hydrogen-bond acceptors (Lipinski definition) is 3. The van der Waals surface area contributed by atoms with E-state index in [0.29, 0.717) is 6.04 Å². The first kappa shape index (κ1) is 13.9. The highest BCUT2D eigenvalue weighted by molar-refractivity contribution is 5.06. The molecule has 0 radical (unpaired) electrons. The van der Waals surface area contributed by atoms with Gasteiger partial charge in [0.15, 0.2) is 0 Å². The molecule has 4 heteroatoms. The SMILES string of the molecule is CCn1ncnc1CC(C)=CCCNC(C)C. The van der Waals surface area contributed by atoms with Crippen molar-refractivity contribution in [2.24, 2.45) is 0 Å². The van der Waals surface area contributed by atoms with E-state index in [0.717, 1.165) is 31.8 Å². The van der Waals surface area contributed by atoms with Gasteiger partial charge >= 0.3 is 0 Å². The molecule has 1 aromatic rings.